The molecule has 0 unspecified atom stereocenters. The van der Waals surface area contributed by atoms with Crippen molar-refractivity contribution in [2.24, 2.45) is 0 Å². The minimum Gasteiger partial charge on any atom is -0.323 e. The fourth-order valence-electron chi connectivity index (χ4n) is 5.05. The Labute approximate surface area is 193 Å². The molecule has 3 aromatic carbocycles. The highest BCUT2D eigenvalue weighted by molar-refractivity contribution is 5.96. The highest BCUT2D eigenvalue weighted by Gasteiger charge is 2.36. The predicted octanol–water partition coefficient (Wildman–Crippen LogP) is 5.98. The van der Waals surface area contributed by atoms with E-state index in [-0.39, 0.29) is 17.6 Å². The van der Waals surface area contributed by atoms with Gasteiger partial charge in [0.15, 0.2) is 0 Å². The average Bonchev–Trinajstić information content (AvgIpc) is 3.36. The van der Waals surface area contributed by atoms with E-state index in [1.165, 1.54) is 33.9 Å². The quantitative estimate of drug-likeness (QED) is 0.391. The summed E-state index contributed by atoms with van der Waals surface area (Å²) in [5, 5.41) is 0. The highest BCUT2D eigenvalue weighted by Crippen LogP contribution is 2.35. The van der Waals surface area contributed by atoms with Gasteiger partial charge in [0.25, 0.3) is 0 Å². The van der Waals surface area contributed by atoms with Gasteiger partial charge in [-0.05, 0) is 79.8 Å². The van der Waals surface area contributed by atoms with Crippen molar-refractivity contribution in [2.75, 3.05) is 11.4 Å². The Morgan fingerprint density at radius 2 is 1.64 bits per heavy atom. The van der Waals surface area contributed by atoms with Crippen LogP contribution in [0, 0.1) is 33.5 Å². The predicted molar refractivity (Wildman–Crippen MR) is 130 cm³/mol. The van der Waals surface area contributed by atoms with Crippen LogP contribution in [0.5, 0.6) is 0 Å². The summed E-state index contributed by atoms with van der Waals surface area (Å²) in [4.78, 5) is 19.5. The molecule has 5 heteroatoms. The molecule has 0 spiro atoms. The maximum atomic E-state index is 14.4. The summed E-state index contributed by atoms with van der Waals surface area (Å²) >= 11 is 0. The number of hydrogen-bond donors (Lipinski definition) is 0. The third-order valence-corrected chi connectivity index (χ3v) is 7.16. The molecule has 1 amide bonds. The van der Waals surface area contributed by atoms with Crippen LogP contribution in [-0.2, 0) is 11.3 Å². The summed E-state index contributed by atoms with van der Waals surface area (Å²) < 4.78 is 16.7. The van der Waals surface area contributed by atoms with E-state index in [2.05, 4.69) is 44.4 Å². The lowest BCUT2D eigenvalue weighted by atomic mass is 9.94. The molecule has 0 bridgehead atoms. The smallest absolute Gasteiger partial charge is 0.227 e. The molecule has 0 aliphatic carbocycles. The van der Waals surface area contributed by atoms with Gasteiger partial charge in [-0.25, -0.2) is 9.37 Å². The van der Waals surface area contributed by atoms with E-state index in [1.807, 2.05) is 18.2 Å². The first-order valence-electron chi connectivity index (χ1n) is 11.4. The van der Waals surface area contributed by atoms with Crippen LogP contribution in [0.25, 0.3) is 11.0 Å². The number of nitrogens with zero attached hydrogens (tertiary/aromatic N) is 3. The number of imidazole rings is 1. The van der Waals surface area contributed by atoms with Crippen molar-refractivity contribution in [3.63, 3.8) is 0 Å². The van der Waals surface area contributed by atoms with Gasteiger partial charge >= 0.3 is 0 Å². The summed E-state index contributed by atoms with van der Waals surface area (Å²) in [5.41, 5.74) is 8.75. The van der Waals surface area contributed by atoms with Crippen molar-refractivity contribution in [3.05, 3.63) is 94.1 Å². The zero-order valence-electron chi connectivity index (χ0n) is 19.5. The number of benzene rings is 3. The van der Waals surface area contributed by atoms with Gasteiger partial charge in [0, 0.05) is 25.4 Å². The molecule has 0 saturated carbocycles. The molecule has 168 valence electrons. The number of carbonyl (C=O) groups is 1. The van der Waals surface area contributed by atoms with Gasteiger partial charge in [0.05, 0.1) is 16.7 Å². The standard InChI is InChI=1S/C28H28FN3O/c1-17-13-18(2)20(4)22(19(17)3)16-32-26-12-8-6-10-24(26)30-28(32)21-14-27(33)31(15-21)25-11-7-5-9-23(25)29/h5-13,21H,14-16H2,1-4H3/t21-/m0/s1. The summed E-state index contributed by atoms with van der Waals surface area (Å²) in [6.07, 6.45) is 0.322. The van der Waals surface area contributed by atoms with E-state index in [0.29, 0.717) is 25.2 Å². The molecular formula is C28H28FN3O. The van der Waals surface area contributed by atoms with Crippen LogP contribution in [0.15, 0.2) is 54.6 Å². The number of amides is 1. The fourth-order valence-corrected chi connectivity index (χ4v) is 5.05. The Kier molecular flexibility index (Phi) is 5.28. The van der Waals surface area contributed by atoms with Crippen LogP contribution in [0.3, 0.4) is 0 Å². The SMILES string of the molecule is Cc1cc(C)c(C)c(Cn2c([C@H]3CC(=O)N(c4ccccc4F)C3)nc3ccccc32)c1C. The highest BCUT2D eigenvalue weighted by atomic mass is 19.1. The topological polar surface area (TPSA) is 38.1 Å². The second-order valence-corrected chi connectivity index (χ2v) is 9.14. The first-order chi connectivity index (χ1) is 15.8. The van der Waals surface area contributed by atoms with Gasteiger partial charge < -0.3 is 9.47 Å². The molecule has 4 aromatic rings. The molecule has 0 radical (unpaired) electrons. The van der Waals surface area contributed by atoms with Gasteiger partial charge in [-0.15, -0.1) is 0 Å². The second-order valence-electron chi connectivity index (χ2n) is 9.14. The maximum absolute atomic E-state index is 14.4. The number of rotatable bonds is 4. The minimum absolute atomic E-state index is 0.0672. The first-order valence-corrected chi connectivity index (χ1v) is 11.4. The monoisotopic (exact) mass is 441 g/mol. The molecule has 4 nitrogen and oxygen atoms in total. The number of carbonyl (C=O) groups excluding carboxylic acids is 1. The van der Waals surface area contributed by atoms with Crippen molar-refractivity contribution in [3.8, 4) is 0 Å². The van der Waals surface area contributed by atoms with Gasteiger partial charge in [0.1, 0.15) is 11.6 Å². The Morgan fingerprint density at radius 1 is 0.970 bits per heavy atom. The Morgan fingerprint density at radius 3 is 2.36 bits per heavy atom. The van der Waals surface area contributed by atoms with Gasteiger partial charge in [0.2, 0.25) is 5.91 Å². The van der Waals surface area contributed by atoms with Crippen molar-refractivity contribution < 1.29 is 9.18 Å². The molecule has 1 saturated heterocycles. The second kappa shape index (κ2) is 8.14. The molecule has 33 heavy (non-hydrogen) atoms. The van der Waals surface area contributed by atoms with Gasteiger partial charge in [-0.3, -0.25) is 4.79 Å². The van der Waals surface area contributed by atoms with Gasteiger partial charge in [-0.1, -0.05) is 30.3 Å². The molecule has 1 fully saturated rings. The van der Waals surface area contributed by atoms with Crippen LogP contribution in [0.4, 0.5) is 10.1 Å². The van der Waals surface area contributed by atoms with Crippen LogP contribution in [0.1, 0.15) is 46.0 Å². The van der Waals surface area contributed by atoms with Crippen molar-refractivity contribution >= 4 is 22.6 Å². The number of anilines is 1. The Balaban J connectivity index is 1.59. The van der Waals surface area contributed by atoms with E-state index in [9.17, 15) is 9.18 Å². The molecular weight excluding hydrogens is 413 g/mol. The third kappa shape index (κ3) is 3.62. The van der Waals surface area contributed by atoms with Gasteiger partial charge in [-0.2, -0.15) is 0 Å². The van der Waals surface area contributed by atoms with Crippen LogP contribution in [0.2, 0.25) is 0 Å². The van der Waals surface area contributed by atoms with E-state index in [1.54, 1.807) is 23.1 Å². The lowest BCUT2D eigenvalue weighted by Gasteiger charge is -2.20. The van der Waals surface area contributed by atoms with Crippen LogP contribution < -0.4 is 4.90 Å². The van der Waals surface area contributed by atoms with Crippen molar-refractivity contribution in [2.45, 2.75) is 46.6 Å². The Hall–Kier alpha value is -3.47. The molecule has 1 atom stereocenters. The molecule has 2 heterocycles. The van der Waals surface area contributed by atoms with Crippen LogP contribution >= 0.6 is 0 Å². The van der Waals surface area contributed by atoms with Crippen molar-refractivity contribution in [1.82, 2.24) is 9.55 Å². The third-order valence-electron chi connectivity index (χ3n) is 7.16. The van der Waals surface area contributed by atoms with E-state index in [4.69, 9.17) is 4.98 Å². The number of aryl methyl sites for hydroxylation is 2. The number of halogens is 1. The zero-order valence-corrected chi connectivity index (χ0v) is 19.5. The molecule has 1 aliphatic rings. The average molecular weight is 442 g/mol. The molecule has 5 rings (SSSR count). The van der Waals surface area contributed by atoms with E-state index >= 15 is 0 Å². The first kappa shape index (κ1) is 21.4. The molecule has 1 aromatic heterocycles. The molecule has 1 aliphatic heterocycles. The molecule has 0 N–H and O–H groups in total. The number of hydrogen-bond acceptors (Lipinski definition) is 2. The van der Waals surface area contributed by atoms with E-state index < -0.39 is 0 Å². The number of fused-ring (bicyclic) bond motifs is 1. The lowest BCUT2D eigenvalue weighted by molar-refractivity contribution is -0.117. The normalized spacial score (nSPS) is 16.2. The largest absolute Gasteiger partial charge is 0.323 e. The fraction of sp³-hybridized carbons (Fsp3) is 0.286. The summed E-state index contributed by atoms with van der Waals surface area (Å²) in [6.45, 7) is 9.78. The Bertz CT molecular complexity index is 1360. The summed E-state index contributed by atoms with van der Waals surface area (Å²) in [7, 11) is 0. The summed E-state index contributed by atoms with van der Waals surface area (Å²) in [6, 6.07) is 16.8. The lowest BCUT2D eigenvalue weighted by Crippen LogP contribution is -2.25. The zero-order chi connectivity index (χ0) is 23.3. The number of para-hydroxylation sites is 3. The van der Waals surface area contributed by atoms with Crippen molar-refractivity contribution in [1.29, 1.82) is 0 Å². The summed E-state index contributed by atoms with van der Waals surface area (Å²) in [5.74, 6) is 0.348. The van der Waals surface area contributed by atoms with Crippen LogP contribution in [-0.4, -0.2) is 22.0 Å². The maximum Gasteiger partial charge on any atom is 0.227 e. The van der Waals surface area contributed by atoms with E-state index in [0.717, 1.165) is 16.9 Å². The number of aromatic nitrogens is 2. The minimum atomic E-state index is -0.374.